The van der Waals surface area contributed by atoms with Crippen molar-refractivity contribution in [1.29, 1.82) is 0 Å². The third-order valence-corrected chi connectivity index (χ3v) is 8.37. The van der Waals surface area contributed by atoms with Crippen LogP contribution in [0.4, 0.5) is 0 Å². The molecule has 4 aromatic carbocycles. The van der Waals surface area contributed by atoms with Crippen molar-refractivity contribution in [3.8, 4) is 44.9 Å². The van der Waals surface area contributed by atoms with Crippen LogP contribution < -0.4 is 20.1 Å². The quantitative estimate of drug-likeness (QED) is 0.0896. The molecular formula is C38H44N2O8. The first-order valence-electron chi connectivity index (χ1n) is 15.8. The highest BCUT2D eigenvalue weighted by Gasteiger charge is 2.16. The molecule has 0 aliphatic rings. The van der Waals surface area contributed by atoms with E-state index in [4.69, 9.17) is 19.7 Å². The third-order valence-electron chi connectivity index (χ3n) is 8.37. The predicted molar refractivity (Wildman–Crippen MR) is 185 cm³/mol. The van der Waals surface area contributed by atoms with Crippen LogP contribution in [0.15, 0.2) is 72.8 Å². The van der Waals surface area contributed by atoms with E-state index < -0.39 is 24.1 Å². The zero-order chi connectivity index (χ0) is 34.8. The van der Waals surface area contributed by atoms with Gasteiger partial charge in [-0.15, -0.1) is 0 Å². The Morgan fingerprint density at radius 1 is 0.625 bits per heavy atom. The number of rotatable bonds is 17. The van der Waals surface area contributed by atoms with Gasteiger partial charge in [0.25, 0.3) is 0 Å². The third kappa shape index (κ3) is 9.20. The average molecular weight is 657 g/mol. The second-order valence-corrected chi connectivity index (χ2v) is 11.8. The molecule has 10 nitrogen and oxygen atoms in total. The van der Waals surface area contributed by atoms with Crippen molar-refractivity contribution in [2.75, 3.05) is 27.3 Å². The van der Waals surface area contributed by atoms with Crippen LogP contribution in [0, 0.1) is 13.8 Å². The van der Waals surface area contributed by atoms with E-state index in [0.29, 0.717) is 24.6 Å². The normalized spacial score (nSPS) is 12.4. The summed E-state index contributed by atoms with van der Waals surface area (Å²) in [5, 5.41) is 43.7. The second-order valence-electron chi connectivity index (χ2n) is 11.8. The van der Waals surface area contributed by atoms with E-state index in [1.807, 2.05) is 48.5 Å². The number of benzene rings is 4. The number of aliphatic hydroxyl groups is 2. The van der Waals surface area contributed by atoms with Gasteiger partial charge in [-0.3, -0.25) is 9.59 Å². The Balaban J connectivity index is 1.57. The van der Waals surface area contributed by atoms with Crippen LogP contribution in [0.2, 0.25) is 0 Å². The fourth-order valence-electron chi connectivity index (χ4n) is 5.89. The fraction of sp³-hybridized carbons (Fsp3) is 0.316. The van der Waals surface area contributed by atoms with Crippen molar-refractivity contribution in [2.45, 2.75) is 52.0 Å². The molecule has 0 heterocycles. The molecule has 0 bridgehead atoms. The van der Waals surface area contributed by atoms with E-state index in [1.54, 1.807) is 14.2 Å². The molecule has 0 saturated heterocycles. The van der Waals surface area contributed by atoms with E-state index in [-0.39, 0.29) is 25.9 Å². The Bertz CT molecular complexity index is 1610. The van der Waals surface area contributed by atoms with Gasteiger partial charge in [-0.2, -0.15) is 0 Å². The summed E-state index contributed by atoms with van der Waals surface area (Å²) in [6.07, 6.45) is -2.57. The number of hydrogen-bond donors (Lipinski definition) is 6. The molecule has 0 spiro atoms. The molecular weight excluding hydrogens is 612 g/mol. The summed E-state index contributed by atoms with van der Waals surface area (Å²) < 4.78 is 11.4. The van der Waals surface area contributed by atoms with Crippen molar-refractivity contribution in [3.05, 3.63) is 95.1 Å². The van der Waals surface area contributed by atoms with Crippen LogP contribution in [-0.2, 0) is 22.7 Å². The van der Waals surface area contributed by atoms with E-state index in [2.05, 4.69) is 48.7 Å². The lowest BCUT2D eigenvalue weighted by Crippen LogP contribution is -2.28. The van der Waals surface area contributed by atoms with Gasteiger partial charge in [0.2, 0.25) is 0 Å². The molecule has 0 unspecified atom stereocenters. The molecule has 10 heteroatoms. The molecule has 48 heavy (non-hydrogen) atoms. The monoisotopic (exact) mass is 656 g/mol. The number of aliphatic carboxylic acids is 2. The average Bonchev–Trinajstić information content (AvgIpc) is 3.05. The lowest BCUT2D eigenvalue weighted by atomic mass is 9.87. The Labute approximate surface area is 281 Å². The van der Waals surface area contributed by atoms with Crippen molar-refractivity contribution in [2.24, 2.45) is 0 Å². The van der Waals surface area contributed by atoms with Gasteiger partial charge in [0.1, 0.15) is 11.5 Å². The Hall–Kier alpha value is -4.74. The maximum absolute atomic E-state index is 10.8. The first-order valence-corrected chi connectivity index (χ1v) is 15.8. The van der Waals surface area contributed by atoms with Gasteiger partial charge in [-0.25, -0.2) is 0 Å². The summed E-state index contributed by atoms with van der Waals surface area (Å²) in [6, 6.07) is 24.6. The first kappa shape index (κ1) is 36.1. The zero-order valence-electron chi connectivity index (χ0n) is 27.7. The topological polar surface area (TPSA) is 158 Å². The fourth-order valence-corrected chi connectivity index (χ4v) is 5.89. The van der Waals surface area contributed by atoms with Crippen molar-refractivity contribution < 1.29 is 39.5 Å². The second kappa shape index (κ2) is 16.9. The van der Waals surface area contributed by atoms with E-state index in [1.165, 1.54) is 0 Å². The summed E-state index contributed by atoms with van der Waals surface area (Å²) in [5.41, 5.74) is 10.4. The van der Waals surface area contributed by atoms with Crippen LogP contribution in [-0.4, -0.2) is 71.9 Å². The highest BCUT2D eigenvalue weighted by Crippen LogP contribution is 2.38. The van der Waals surface area contributed by atoms with Gasteiger partial charge in [0.05, 0.1) is 39.3 Å². The van der Waals surface area contributed by atoms with E-state index in [9.17, 15) is 19.8 Å². The lowest BCUT2D eigenvalue weighted by molar-refractivity contribution is -0.140. The van der Waals surface area contributed by atoms with Gasteiger partial charge in [-0.1, -0.05) is 60.7 Å². The smallest absolute Gasteiger partial charge is 0.306 e. The van der Waals surface area contributed by atoms with Gasteiger partial charge in [0.15, 0.2) is 0 Å². The summed E-state index contributed by atoms with van der Waals surface area (Å²) >= 11 is 0. The zero-order valence-corrected chi connectivity index (χ0v) is 27.7. The maximum atomic E-state index is 10.8. The van der Waals surface area contributed by atoms with E-state index >= 15 is 0 Å². The van der Waals surface area contributed by atoms with Crippen LogP contribution in [0.3, 0.4) is 0 Å². The molecule has 6 N–H and O–H groups in total. The van der Waals surface area contributed by atoms with Crippen LogP contribution in [0.1, 0.15) is 35.1 Å². The lowest BCUT2D eigenvalue weighted by Gasteiger charge is -2.18. The van der Waals surface area contributed by atoms with E-state index in [0.717, 1.165) is 55.6 Å². The summed E-state index contributed by atoms with van der Waals surface area (Å²) in [7, 11) is 3.23. The van der Waals surface area contributed by atoms with Gasteiger partial charge in [-0.05, 0) is 70.5 Å². The largest absolute Gasteiger partial charge is 0.496 e. The van der Waals surface area contributed by atoms with Crippen LogP contribution in [0.25, 0.3) is 33.4 Å². The number of aliphatic hydroxyl groups excluding tert-OH is 2. The molecule has 0 amide bonds. The molecule has 4 aromatic rings. The summed E-state index contributed by atoms with van der Waals surface area (Å²) in [4.78, 5) is 21.7. The standard InChI is InChI=1S/C38H44N2O8/c1-23-31(25-11-13-27(35(15-25)47-3)19-39-21-29(41)17-37(43)44)7-5-9-33(23)34-10-6-8-32(24(34)2)26-12-14-28(36(16-26)48-4)20-40-22-30(42)18-38(45)46/h5-16,29-30,39-42H,17-22H2,1-4H3,(H,43,44)(H,45,46)/t29-,30-/m0/s1. The van der Waals surface area contributed by atoms with Gasteiger partial charge >= 0.3 is 11.9 Å². The van der Waals surface area contributed by atoms with Crippen LogP contribution >= 0.6 is 0 Å². The molecule has 0 aromatic heterocycles. The number of nitrogens with one attached hydrogen (secondary N) is 2. The van der Waals surface area contributed by atoms with Crippen molar-refractivity contribution >= 4 is 11.9 Å². The predicted octanol–water partition coefficient (Wildman–Crippen LogP) is 5.17. The van der Waals surface area contributed by atoms with Crippen LogP contribution in [0.5, 0.6) is 11.5 Å². The molecule has 254 valence electrons. The Morgan fingerprint density at radius 2 is 1.00 bits per heavy atom. The molecule has 0 radical (unpaired) electrons. The van der Waals surface area contributed by atoms with Crippen molar-refractivity contribution in [3.63, 3.8) is 0 Å². The minimum atomic E-state index is -1.04. The number of carbonyl (C=O) groups is 2. The highest BCUT2D eigenvalue weighted by atomic mass is 16.5. The Kier molecular flexibility index (Phi) is 12.7. The molecule has 0 saturated carbocycles. The SMILES string of the molecule is COc1cc(-c2cccc(-c3cccc(-c4ccc(CNC[C@@H](O)CC(=O)O)c(OC)c4)c3C)c2C)ccc1CNC[C@@H](O)CC(=O)O. The summed E-state index contributed by atoms with van der Waals surface area (Å²) in [5.74, 6) is -0.695. The van der Waals surface area contributed by atoms with Gasteiger partial charge < -0.3 is 40.5 Å². The minimum absolute atomic E-state index is 0.159. The first-order chi connectivity index (χ1) is 23.0. The number of carboxylic acid groups (broad SMARTS) is 2. The van der Waals surface area contributed by atoms with Crippen molar-refractivity contribution in [1.82, 2.24) is 10.6 Å². The molecule has 0 aliphatic carbocycles. The summed E-state index contributed by atoms with van der Waals surface area (Å²) in [6.45, 7) is 5.38. The number of carboxylic acids is 2. The maximum Gasteiger partial charge on any atom is 0.306 e. The Morgan fingerprint density at radius 3 is 1.35 bits per heavy atom. The molecule has 0 fully saturated rings. The van der Waals surface area contributed by atoms with Gasteiger partial charge in [0, 0.05) is 37.3 Å². The molecule has 4 rings (SSSR count). The number of ether oxygens (including phenoxy) is 2. The minimum Gasteiger partial charge on any atom is -0.496 e. The number of methoxy groups -OCH3 is 2. The highest BCUT2D eigenvalue weighted by molar-refractivity contribution is 5.84. The molecule has 0 aliphatic heterocycles. The molecule has 2 atom stereocenters. The number of hydrogen-bond acceptors (Lipinski definition) is 8.